The number of aliphatic carboxylic acids is 1. The van der Waals surface area contributed by atoms with Crippen molar-refractivity contribution in [3.05, 3.63) is 102 Å². The lowest BCUT2D eigenvalue weighted by Crippen LogP contribution is -2.30. The van der Waals surface area contributed by atoms with Crippen LogP contribution in [0.5, 0.6) is 0 Å². The molecule has 2 aromatic rings. The van der Waals surface area contributed by atoms with Crippen LogP contribution in [0.25, 0.3) is 11.1 Å². The van der Waals surface area contributed by atoms with E-state index in [-0.39, 0.29) is 5.70 Å². The summed E-state index contributed by atoms with van der Waals surface area (Å²) in [6, 6.07) is 12.1. The zero-order chi connectivity index (χ0) is 18.6. The molecule has 2 N–H and O–H groups in total. The molecule has 2 aliphatic heterocycles. The minimum atomic E-state index is -0.955. The average Bonchev–Trinajstić information content (AvgIpc) is 2.72. The molecule has 1 aromatic carbocycles. The van der Waals surface area contributed by atoms with Crippen molar-refractivity contribution in [2.75, 3.05) is 0 Å². The highest BCUT2D eigenvalue weighted by Gasteiger charge is 2.25. The van der Waals surface area contributed by atoms with E-state index < -0.39 is 5.97 Å². The lowest BCUT2D eigenvalue weighted by atomic mass is 10.0. The topological polar surface area (TPSA) is 65.5 Å². The summed E-state index contributed by atoms with van der Waals surface area (Å²) in [7, 11) is 0. The van der Waals surface area contributed by atoms with Gasteiger partial charge >= 0.3 is 5.97 Å². The zero-order valence-corrected chi connectivity index (χ0v) is 14.7. The standard InChI is InChI=1S/C22H19N3O2/c26-22(27)21-20(10-9-19-8-1-2-12-25(19)21)24-14-16-5-3-6-17(13-16)18-7-4-11-23-15-18/h2-13,15,24H,1,14H2,(H,26,27). The van der Waals surface area contributed by atoms with E-state index in [2.05, 4.69) is 16.4 Å². The predicted octanol–water partition coefficient (Wildman–Crippen LogP) is 3.81. The number of carbonyl (C=O) groups is 1. The number of nitrogens with zero attached hydrogens (tertiary/aromatic N) is 2. The second-order valence-corrected chi connectivity index (χ2v) is 6.32. The van der Waals surface area contributed by atoms with E-state index in [0.29, 0.717) is 12.2 Å². The van der Waals surface area contributed by atoms with Crippen molar-refractivity contribution in [1.29, 1.82) is 0 Å². The number of carboxylic acids is 1. The van der Waals surface area contributed by atoms with Crippen molar-refractivity contribution in [1.82, 2.24) is 15.2 Å². The second kappa shape index (κ2) is 7.33. The maximum absolute atomic E-state index is 11.8. The summed E-state index contributed by atoms with van der Waals surface area (Å²) in [5.74, 6) is -0.955. The molecule has 2 aliphatic rings. The van der Waals surface area contributed by atoms with Crippen LogP contribution < -0.4 is 5.32 Å². The third kappa shape index (κ3) is 3.53. The molecule has 5 nitrogen and oxygen atoms in total. The Hall–Kier alpha value is -3.60. The number of benzene rings is 1. The number of hydrogen-bond acceptors (Lipinski definition) is 4. The maximum atomic E-state index is 11.8. The van der Waals surface area contributed by atoms with Gasteiger partial charge in [0.1, 0.15) is 0 Å². The summed E-state index contributed by atoms with van der Waals surface area (Å²) in [6.45, 7) is 0.529. The highest BCUT2D eigenvalue weighted by molar-refractivity contribution is 5.89. The molecule has 3 heterocycles. The average molecular weight is 357 g/mol. The third-order valence-electron chi connectivity index (χ3n) is 4.52. The van der Waals surface area contributed by atoms with Crippen LogP contribution in [0.2, 0.25) is 0 Å². The van der Waals surface area contributed by atoms with Gasteiger partial charge in [-0.05, 0) is 47.4 Å². The van der Waals surface area contributed by atoms with Crippen LogP contribution in [0.4, 0.5) is 0 Å². The van der Waals surface area contributed by atoms with Crippen LogP contribution >= 0.6 is 0 Å². The number of hydrogen-bond donors (Lipinski definition) is 2. The largest absolute Gasteiger partial charge is 0.476 e. The first-order valence-corrected chi connectivity index (χ1v) is 8.77. The number of aromatic nitrogens is 1. The quantitative estimate of drug-likeness (QED) is 0.852. The van der Waals surface area contributed by atoms with Crippen LogP contribution in [0.1, 0.15) is 12.0 Å². The van der Waals surface area contributed by atoms with E-state index in [4.69, 9.17) is 0 Å². The Morgan fingerprint density at radius 1 is 1.19 bits per heavy atom. The molecule has 0 spiro atoms. The molecule has 0 saturated heterocycles. The Morgan fingerprint density at radius 3 is 2.89 bits per heavy atom. The zero-order valence-electron chi connectivity index (χ0n) is 14.7. The van der Waals surface area contributed by atoms with Gasteiger partial charge < -0.3 is 15.3 Å². The Kier molecular flexibility index (Phi) is 4.58. The number of pyridine rings is 1. The molecule has 134 valence electrons. The number of carboxylic acid groups (broad SMARTS) is 1. The molecule has 0 radical (unpaired) electrons. The summed E-state index contributed by atoms with van der Waals surface area (Å²) in [5.41, 5.74) is 4.92. The van der Waals surface area contributed by atoms with Gasteiger partial charge in [-0.3, -0.25) is 4.98 Å². The molecule has 0 aliphatic carbocycles. The Balaban J connectivity index is 1.57. The molecule has 0 amide bonds. The van der Waals surface area contributed by atoms with Crippen LogP contribution in [-0.2, 0) is 11.3 Å². The minimum Gasteiger partial charge on any atom is -0.476 e. The first kappa shape index (κ1) is 16.8. The summed E-state index contributed by atoms with van der Waals surface area (Å²) in [4.78, 5) is 17.7. The third-order valence-corrected chi connectivity index (χ3v) is 4.52. The molecule has 1 aromatic heterocycles. The molecule has 0 fully saturated rings. The van der Waals surface area contributed by atoms with E-state index in [0.717, 1.165) is 28.8 Å². The highest BCUT2D eigenvalue weighted by Crippen LogP contribution is 2.27. The molecule has 0 atom stereocenters. The van der Waals surface area contributed by atoms with Crippen molar-refractivity contribution in [2.45, 2.75) is 13.0 Å². The lowest BCUT2D eigenvalue weighted by molar-refractivity contribution is -0.134. The first-order chi connectivity index (χ1) is 13.2. The van der Waals surface area contributed by atoms with Crippen LogP contribution in [0.15, 0.2) is 96.4 Å². The van der Waals surface area contributed by atoms with E-state index in [1.54, 1.807) is 11.1 Å². The monoisotopic (exact) mass is 357 g/mol. The summed E-state index contributed by atoms with van der Waals surface area (Å²) >= 11 is 0. The van der Waals surface area contributed by atoms with Gasteiger partial charge in [0.25, 0.3) is 0 Å². The predicted molar refractivity (Wildman–Crippen MR) is 104 cm³/mol. The van der Waals surface area contributed by atoms with Crippen molar-refractivity contribution < 1.29 is 9.90 Å². The summed E-state index contributed by atoms with van der Waals surface area (Å²) < 4.78 is 0. The summed E-state index contributed by atoms with van der Waals surface area (Å²) in [5, 5.41) is 13.0. The van der Waals surface area contributed by atoms with Crippen LogP contribution in [0.3, 0.4) is 0 Å². The van der Waals surface area contributed by atoms with Crippen molar-refractivity contribution in [3.8, 4) is 11.1 Å². The van der Waals surface area contributed by atoms with E-state index in [1.807, 2.05) is 67.0 Å². The maximum Gasteiger partial charge on any atom is 0.355 e. The Morgan fingerprint density at radius 2 is 2.07 bits per heavy atom. The van der Waals surface area contributed by atoms with Gasteiger partial charge in [-0.2, -0.15) is 0 Å². The van der Waals surface area contributed by atoms with E-state index in [9.17, 15) is 9.90 Å². The number of fused-ring (bicyclic) bond motifs is 1. The van der Waals surface area contributed by atoms with Crippen LogP contribution in [-0.4, -0.2) is 21.0 Å². The number of nitrogens with one attached hydrogen (secondary N) is 1. The first-order valence-electron chi connectivity index (χ1n) is 8.77. The van der Waals surface area contributed by atoms with Gasteiger partial charge in [0.2, 0.25) is 0 Å². The van der Waals surface area contributed by atoms with Gasteiger partial charge in [0.15, 0.2) is 5.70 Å². The lowest BCUT2D eigenvalue weighted by Gasteiger charge is -2.29. The Bertz CT molecular complexity index is 988. The van der Waals surface area contributed by atoms with E-state index >= 15 is 0 Å². The van der Waals surface area contributed by atoms with E-state index in [1.165, 1.54) is 0 Å². The van der Waals surface area contributed by atoms with Gasteiger partial charge in [0.05, 0.1) is 5.70 Å². The molecule has 0 unspecified atom stereocenters. The summed E-state index contributed by atoms with van der Waals surface area (Å²) in [6.07, 6.45) is 13.9. The smallest absolute Gasteiger partial charge is 0.355 e. The number of rotatable bonds is 5. The molecule has 27 heavy (non-hydrogen) atoms. The fourth-order valence-corrected chi connectivity index (χ4v) is 3.22. The molecule has 4 rings (SSSR count). The van der Waals surface area contributed by atoms with Gasteiger partial charge in [-0.15, -0.1) is 0 Å². The van der Waals surface area contributed by atoms with Gasteiger partial charge in [-0.25, -0.2) is 4.79 Å². The molecular weight excluding hydrogens is 338 g/mol. The van der Waals surface area contributed by atoms with Crippen molar-refractivity contribution in [2.24, 2.45) is 0 Å². The minimum absolute atomic E-state index is 0.239. The highest BCUT2D eigenvalue weighted by atomic mass is 16.4. The van der Waals surface area contributed by atoms with Crippen LogP contribution in [0, 0.1) is 0 Å². The van der Waals surface area contributed by atoms with Gasteiger partial charge in [0, 0.05) is 30.8 Å². The molecule has 0 saturated carbocycles. The van der Waals surface area contributed by atoms with Gasteiger partial charge in [-0.1, -0.05) is 36.4 Å². The molecule has 5 heteroatoms. The van der Waals surface area contributed by atoms with Crippen molar-refractivity contribution in [3.63, 3.8) is 0 Å². The second-order valence-electron chi connectivity index (χ2n) is 6.32. The molecular formula is C22H19N3O2. The number of allylic oxidation sites excluding steroid dienone is 4. The fraction of sp³-hybridized carbons (Fsp3) is 0.0909. The Labute approximate surface area is 157 Å². The normalized spacial score (nSPS) is 15.4. The fourth-order valence-electron chi connectivity index (χ4n) is 3.22. The molecule has 0 bridgehead atoms. The van der Waals surface area contributed by atoms with Crippen molar-refractivity contribution >= 4 is 5.97 Å². The SMILES string of the molecule is O=C(O)C1=C(NCc2cccc(-c3cccnc3)c2)C=CC2=CCC=CN21.